The lowest BCUT2D eigenvalue weighted by Crippen LogP contribution is -2.59. The molecule has 1 heterocycles. The molecular weight excluding hydrogens is 264 g/mol. The first-order valence-electron chi connectivity index (χ1n) is 6.46. The van der Waals surface area contributed by atoms with E-state index in [1.807, 2.05) is 17.0 Å². The maximum Gasteiger partial charge on any atom is 0.324 e. The highest BCUT2D eigenvalue weighted by atomic mass is 35.5. The van der Waals surface area contributed by atoms with Gasteiger partial charge in [-0.05, 0) is 24.6 Å². The second-order valence-electron chi connectivity index (χ2n) is 5.12. The second-order valence-corrected chi connectivity index (χ2v) is 5.56. The summed E-state index contributed by atoms with van der Waals surface area (Å²) in [5.74, 6) is -0.774. The van der Waals surface area contributed by atoms with Crippen molar-refractivity contribution in [2.24, 2.45) is 0 Å². The number of carboxylic acid groups (broad SMARTS) is 1. The van der Waals surface area contributed by atoms with E-state index in [1.54, 1.807) is 19.1 Å². The molecule has 1 atom stereocenters. The number of hydrogen-bond acceptors (Lipinski definition) is 3. The third-order valence-corrected chi connectivity index (χ3v) is 3.99. The van der Waals surface area contributed by atoms with Gasteiger partial charge in [0.15, 0.2) is 0 Å². The fourth-order valence-corrected chi connectivity index (χ4v) is 2.61. The van der Waals surface area contributed by atoms with E-state index in [2.05, 4.69) is 5.32 Å². The SMILES string of the molecule is CC(Cc1ccc(Cl)cc1)(C(=O)O)N1CCNCC1. The monoisotopic (exact) mass is 282 g/mol. The number of carboxylic acids is 1. The number of halogens is 1. The minimum Gasteiger partial charge on any atom is -0.480 e. The lowest BCUT2D eigenvalue weighted by atomic mass is 9.90. The first-order valence-corrected chi connectivity index (χ1v) is 6.84. The molecule has 1 aromatic rings. The smallest absolute Gasteiger partial charge is 0.324 e. The third kappa shape index (κ3) is 3.26. The van der Waals surface area contributed by atoms with Gasteiger partial charge in [0.05, 0.1) is 0 Å². The first kappa shape index (κ1) is 14.3. The van der Waals surface area contributed by atoms with Crippen molar-refractivity contribution in [1.29, 1.82) is 0 Å². The van der Waals surface area contributed by atoms with Gasteiger partial charge >= 0.3 is 5.97 Å². The molecule has 1 fully saturated rings. The zero-order valence-corrected chi connectivity index (χ0v) is 11.8. The van der Waals surface area contributed by atoms with E-state index in [4.69, 9.17) is 11.6 Å². The molecule has 0 saturated carbocycles. The molecule has 0 amide bonds. The van der Waals surface area contributed by atoms with Crippen LogP contribution in [0.15, 0.2) is 24.3 Å². The van der Waals surface area contributed by atoms with Crippen LogP contribution in [0.25, 0.3) is 0 Å². The fourth-order valence-electron chi connectivity index (χ4n) is 2.48. The lowest BCUT2D eigenvalue weighted by Gasteiger charge is -2.40. The van der Waals surface area contributed by atoms with Gasteiger partial charge in [-0.3, -0.25) is 9.69 Å². The zero-order valence-electron chi connectivity index (χ0n) is 11.0. The minimum atomic E-state index is -0.865. The Morgan fingerprint density at radius 3 is 2.47 bits per heavy atom. The van der Waals surface area contributed by atoms with Crippen LogP contribution in [0.5, 0.6) is 0 Å². The summed E-state index contributed by atoms with van der Waals surface area (Å²) < 4.78 is 0. The molecule has 1 saturated heterocycles. The van der Waals surface area contributed by atoms with Gasteiger partial charge in [-0.2, -0.15) is 0 Å². The van der Waals surface area contributed by atoms with Gasteiger partial charge in [0.25, 0.3) is 0 Å². The molecular formula is C14H19ClN2O2. The summed E-state index contributed by atoms with van der Waals surface area (Å²) in [6.45, 7) is 5.00. The third-order valence-electron chi connectivity index (χ3n) is 3.74. The van der Waals surface area contributed by atoms with E-state index in [0.717, 1.165) is 31.7 Å². The fraction of sp³-hybridized carbons (Fsp3) is 0.500. The van der Waals surface area contributed by atoms with Crippen molar-refractivity contribution in [3.63, 3.8) is 0 Å². The van der Waals surface area contributed by atoms with Crippen molar-refractivity contribution in [3.05, 3.63) is 34.9 Å². The summed E-state index contributed by atoms with van der Waals surface area (Å²) >= 11 is 5.86. The van der Waals surface area contributed by atoms with Crippen molar-refractivity contribution in [2.45, 2.75) is 18.9 Å². The molecule has 0 spiro atoms. The van der Waals surface area contributed by atoms with Gasteiger partial charge in [0, 0.05) is 37.6 Å². The van der Waals surface area contributed by atoms with Crippen molar-refractivity contribution in [2.75, 3.05) is 26.2 Å². The first-order chi connectivity index (χ1) is 9.02. The normalized spacial score (nSPS) is 19.9. The molecule has 0 aliphatic carbocycles. The topological polar surface area (TPSA) is 52.6 Å². The molecule has 1 unspecified atom stereocenters. The standard InChI is InChI=1S/C14H19ClN2O2/c1-14(13(18)19,17-8-6-16-7-9-17)10-11-2-4-12(15)5-3-11/h2-5,16H,6-10H2,1H3,(H,18,19). The van der Waals surface area contributed by atoms with Gasteiger partial charge in [-0.25, -0.2) is 0 Å². The van der Waals surface area contributed by atoms with Gasteiger partial charge in [0.2, 0.25) is 0 Å². The molecule has 2 rings (SSSR count). The summed E-state index contributed by atoms with van der Waals surface area (Å²) in [5.41, 5.74) is 0.128. The summed E-state index contributed by atoms with van der Waals surface area (Å²) in [7, 11) is 0. The van der Waals surface area contributed by atoms with Crippen LogP contribution in [-0.4, -0.2) is 47.7 Å². The molecule has 1 aliphatic heterocycles. The van der Waals surface area contributed by atoms with Crippen LogP contribution in [0, 0.1) is 0 Å². The van der Waals surface area contributed by atoms with Crippen LogP contribution in [0.4, 0.5) is 0 Å². The average Bonchev–Trinajstić information content (AvgIpc) is 2.42. The molecule has 104 valence electrons. The minimum absolute atomic E-state index is 0.486. The Morgan fingerprint density at radius 2 is 1.95 bits per heavy atom. The van der Waals surface area contributed by atoms with Crippen molar-refractivity contribution in [1.82, 2.24) is 10.2 Å². The quantitative estimate of drug-likeness (QED) is 0.881. The predicted molar refractivity (Wildman–Crippen MR) is 75.6 cm³/mol. The van der Waals surface area contributed by atoms with Crippen molar-refractivity contribution < 1.29 is 9.90 Å². The Kier molecular flexibility index (Phi) is 4.45. The van der Waals surface area contributed by atoms with E-state index in [9.17, 15) is 9.90 Å². The average molecular weight is 283 g/mol. The number of nitrogens with one attached hydrogen (secondary N) is 1. The highest BCUT2D eigenvalue weighted by molar-refractivity contribution is 6.30. The predicted octanol–water partition coefficient (Wildman–Crippen LogP) is 1.63. The Labute approximate surface area is 118 Å². The van der Waals surface area contributed by atoms with Crippen LogP contribution in [0.3, 0.4) is 0 Å². The molecule has 0 radical (unpaired) electrons. The van der Waals surface area contributed by atoms with Gasteiger partial charge < -0.3 is 10.4 Å². The number of benzene rings is 1. The molecule has 1 aliphatic rings. The van der Waals surface area contributed by atoms with E-state index in [-0.39, 0.29) is 0 Å². The van der Waals surface area contributed by atoms with E-state index in [0.29, 0.717) is 11.4 Å². The number of piperazine rings is 1. The Bertz CT molecular complexity index is 443. The Morgan fingerprint density at radius 1 is 1.37 bits per heavy atom. The molecule has 0 bridgehead atoms. The largest absolute Gasteiger partial charge is 0.480 e. The molecule has 19 heavy (non-hydrogen) atoms. The van der Waals surface area contributed by atoms with E-state index in [1.165, 1.54) is 0 Å². The van der Waals surface area contributed by atoms with E-state index >= 15 is 0 Å². The van der Waals surface area contributed by atoms with Crippen LogP contribution in [-0.2, 0) is 11.2 Å². The maximum atomic E-state index is 11.7. The molecule has 2 N–H and O–H groups in total. The zero-order chi connectivity index (χ0) is 13.9. The number of aliphatic carboxylic acids is 1. The van der Waals surface area contributed by atoms with Gasteiger partial charge in [0.1, 0.15) is 5.54 Å². The number of hydrogen-bond donors (Lipinski definition) is 2. The molecule has 4 nitrogen and oxygen atoms in total. The Hall–Kier alpha value is -1.10. The number of carbonyl (C=O) groups is 1. The summed E-state index contributed by atoms with van der Waals surface area (Å²) in [6.07, 6.45) is 0.486. The van der Waals surface area contributed by atoms with Crippen molar-refractivity contribution in [3.8, 4) is 0 Å². The molecule has 5 heteroatoms. The van der Waals surface area contributed by atoms with Crippen LogP contribution in [0.1, 0.15) is 12.5 Å². The maximum absolute atomic E-state index is 11.7. The Balaban J connectivity index is 2.18. The highest BCUT2D eigenvalue weighted by Crippen LogP contribution is 2.23. The molecule has 1 aromatic carbocycles. The number of nitrogens with zero attached hydrogens (tertiary/aromatic N) is 1. The van der Waals surface area contributed by atoms with Gasteiger partial charge in [-0.15, -0.1) is 0 Å². The highest BCUT2D eigenvalue weighted by Gasteiger charge is 2.39. The molecule has 0 aromatic heterocycles. The second kappa shape index (κ2) is 5.90. The van der Waals surface area contributed by atoms with Crippen LogP contribution in [0.2, 0.25) is 5.02 Å². The summed E-state index contributed by atoms with van der Waals surface area (Å²) in [5, 5.41) is 13.5. The summed E-state index contributed by atoms with van der Waals surface area (Å²) in [4.78, 5) is 13.7. The van der Waals surface area contributed by atoms with Crippen LogP contribution < -0.4 is 5.32 Å². The number of rotatable bonds is 4. The van der Waals surface area contributed by atoms with Crippen molar-refractivity contribution >= 4 is 17.6 Å². The van der Waals surface area contributed by atoms with E-state index < -0.39 is 11.5 Å². The summed E-state index contributed by atoms with van der Waals surface area (Å²) in [6, 6.07) is 7.39. The lowest BCUT2D eigenvalue weighted by molar-refractivity contribution is -0.151. The van der Waals surface area contributed by atoms with Crippen LogP contribution >= 0.6 is 11.6 Å². The van der Waals surface area contributed by atoms with Gasteiger partial charge in [-0.1, -0.05) is 23.7 Å².